The maximum Gasteiger partial charge on any atom is 0.150 e. The highest BCUT2D eigenvalue weighted by molar-refractivity contribution is 5.03. The number of rotatable bonds is 4. The van der Waals surface area contributed by atoms with E-state index in [-0.39, 0.29) is 0 Å². The molecule has 1 aliphatic carbocycles. The summed E-state index contributed by atoms with van der Waals surface area (Å²) < 4.78 is 5.24. The quantitative estimate of drug-likeness (QED) is 0.841. The van der Waals surface area contributed by atoms with Crippen LogP contribution in [0.1, 0.15) is 30.7 Å². The number of hydrogen-bond acceptors (Lipinski definition) is 4. The summed E-state index contributed by atoms with van der Waals surface area (Å²) in [4.78, 5) is 2.35. The van der Waals surface area contributed by atoms with Crippen LogP contribution < -0.4 is 5.73 Å². The van der Waals surface area contributed by atoms with Crippen LogP contribution in [0.25, 0.3) is 0 Å². The van der Waals surface area contributed by atoms with Crippen LogP contribution in [0.15, 0.2) is 10.6 Å². The lowest BCUT2D eigenvalue weighted by atomic mass is 10.0. The Kier molecular flexibility index (Phi) is 3.61. The van der Waals surface area contributed by atoms with Crippen molar-refractivity contribution >= 4 is 0 Å². The summed E-state index contributed by atoms with van der Waals surface area (Å²) in [6.45, 7) is 3.58. The smallest absolute Gasteiger partial charge is 0.150 e. The molecule has 4 nitrogen and oxygen atoms in total. The minimum atomic E-state index is 0.607. The van der Waals surface area contributed by atoms with Crippen molar-refractivity contribution in [2.24, 2.45) is 11.7 Å². The first-order valence-electron chi connectivity index (χ1n) is 6.03. The number of aryl methyl sites for hydroxylation is 1. The number of nitrogens with two attached hydrogens (primary N) is 1. The lowest BCUT2D eigenvalue weighted by Crippen LogP contribution is -2.37. The molecule has 0 saturated heterocycles. The van der Waals surface area contributed by atoms with Gasteiger partial charge in [-0.3, -0.25) is 4.90 Å². The van der Waals surface area contributed by atoms with Crippen molar-refractivity contribution in [3.63, 3.8) is 0 Å². The highest BCUT2D eigenvalue weighted by atomic mass is 16.5. The second kappa shape index (κ2) is 4.97. The van der Waals surface area contributed by atoms with Crippen LogP contribution in [0, 0.1) is 12.8 Å². The van der Waals surface area contributed by atoms with E-state index in [1.165, 1.54) is 19.3 Å². The Hall–Kier alpha value is -0.870. The Balaban J connectivity index is 1.94. The molecule has 0 aromatic carbocycles. The van der Waals surface area contributed by atoms with Crippen molar-refractivity contribution in [3.05, 3.63) is 17.5 Å². The van der Waals surface area contributed by atoms with Gasteiger partial charge in [0.2, 0.25) is 0 Å². The first-order valence-corrected chi connectivity index (χ1v) is 6.03. The lowest BCUT2D eigenvalue weighted by molar-refractivity contribution is 0.174. The molecule has 2 N–H and O–H groups in total. The van der Waals surface area contributed by atoms with Crippen LogP contribution in [0.4, 0.5) is 0 Å². The van der Waals surface area contributed by atoms with Crippen LogP contribution in [-0.4, -0.2) is 29.7 Å². The summed E-state index contributed by atoms with van der Waals surface area (Å²) in [5.74, 6) is 1.59. The van der Waals surface area contributed by atoms with E-state index in [2.05, 4.69) is 17.1 Å². The summed E-state index contributed by atoms with van der Waals surface area (Å²) in [6.07, 6.45) is 3.82. The van der Waals surface area contributed by atoms with Crippen LogP contribution in [0.3, 0.4) is 0 Å². The molecule has 4 heteroatoms. The van der Waals surface area contributed by atoms with Gasteiger partial charge < -0.3 is 10.3 Å². The molecule has 1 aromatic heterocycles. The Morgan fingerprint density at radius 1 is 1.56 bits per heavy atom. The van der Waals surface area contributed by atoms with Gasteiger partial charge in [0.1, 0.15) is 0 Å². The van der Waals surface area contributed by atoms with E-state index in [4.69, 9.17) is 10.3 Å². The first-order chi connectivity index (χ1) is 7.70. The molecule has 2 atom stereocenters. The summed E-state index contributed by atoms with van der Waals surface area (Å²) in [6, 6.07) is 2.61. The molecule has 2 rings (SSSR count). The van der Waals surface area contributed by atoms with Gasteiger partial charge in [0, 0.05) is 12.1 Å². The monoisotopic (exact) mass is 223 g/mol. The van der Waals surface area contributed by atoms with E-state index >= 15 is 0 Å². The van der Waals surface area contributed by atoms with Crippen LogP contribution in [0.2, 0.25) is 0 Å². The fraction of sp³-hybridized carbons (Fsp3) is 0.750. The van der Waals surface area contributed by atoms with Gasteiger partial charge >= 0.3 is 0 Å². The fourth-order valence-electron chi connectivity index (χ4n) is 2.73. The van der Waals surface area contributed by atoms with Gasteiger partial charge in [0.15, 0.2) is 5.76 Å². The maximum absolute atomic E-state index is 5.80. The second-order valence-corrected chi connectivity index (χ2v) is 4.84. The topological polar surface area (TPSA) is 55.3 Å². The molecule has 0 radical (unpaired) electrons. The number of nitrogens with zero attached hydrogens (tertiary/aromatic N) is 2. The van der Waals surface area contributed by atoms with Gasteiger partial charge in [-0.2, -0.15) is 0 Å². The molecule has 0 amide bonds. The summed E-state index contributed by atoms with van der Waals surface area (Å²) in [7, 11) is 2.15. The fourth-order valence-corrected chi connectivity index (χ4v) is 2.73. The molecule has 0 aliphatic heterocycles. The molecule has 1 heterocycles. The lowest BCUT2D eigenvalue weighted by Gasteiger charge is -2.27. The Bertz CT molecular complexity index is 337. The Morgan fingerprint density at radius 2 is 2.38 bits per heavy atom. The van der Waals surface area contributed by atoms with Crippen molar-refractivity contribution in [1.29, 1.82) is 0 Å². The van der Waals surface area contributed by atoms with Gasteiger partial charge in [0.25, 0.3) is 0 Å². The van der Waals surface area contributed by atoms with Gasteiger partial charge in [0.05, 0.1) is 12.2 Å². The Morgan fingerprint density at radius 3 is 3.00 bits per heavy atom. The average molecular weight is 223 g/mol. The van der Waals surface area contributed by atoms with Gasteiger partial charge in [-0.15, -0.1) is 0 Å². The number of aromatic nitrogens is 1. The molecular formula is C12H21N3O. The molecule has 0 bridgehead atoms. The van der Waals surface area contributed by atoms with E-state index in [1.807, 2.05) is 13.0 Å². The highest BCUT2D eigenvalue weighted by Gasteiger charge is 2.29. The highest BCUT2D eigenvalue weighted by Crippen LogP contribution is 2.29. The molecule has 1 fully saturated rings. The molecule has 1 saturated carbocycles. The van der Waals surface area contributed by atoms with E-state index in [9.17, 15) is 0 Å². The SMILES string of the molecule is Cc1cc(CN(C)C2CCCC2CN)on1. The minimum Gasteiger partial charge on any atom is -0.360 e. The minimum absolute atomic E-state index is 0.607. The summed E-state index contributed by atoms with van der Waals surface area (Å²) in [5.41, 5.74) is 6.75. The number of hydrogen-bond donors (Lipinski definition) is 1. The van der Waals surface area contributed by atoms with Crippen molar-refractivity contribution < 1.29 is 4.52 Å². The van der Waals surface area contributed by atoms with E-state index in [0.717, 1.165) is 24.5 Å². The third-order valence-corrected chi connectivity index (χ3v) is 3.57. The normalized spacial score (nSPS) is 25.5. The summed E-state index contributed by atoms with van der Waals surface area (Å²) in [5, 5.41) is 3.91. The van der Waals surface area contributed by atoms with Crippen molar-refractivity contribution in [1.82, 2.24) is 10.1 Å². The Labute approximate surface area is 96.8 Å². The standard InChI is InChI=1S/C12H21N3O/c1-9-6-11(16-14-9)8-15(2)12-5-3-4-10(12)7-13/h6,10,12H,3-5,7-8,13H2,1-2H3. The zero-order valence-corrected chi connectivity index (χ0v) is 10.1. The molecule has 0 spiro atoms. The van der Waals surface area contributed by atoms with Crippen molar-refractivity contribution in [2.45, 2.75) is 38.8 Å². The zero-order valence-electron chi connectivity index (χ0n) is 10.1. The van der Waals surface area contributed by atoms with Crippen LogP contribution >= 0.6 is 0 Å². The van der Waals surface area contributed by atoms with Crippen LogP contribution in [0.5, 0.6) is 0 Å². The van der Waals surface area contributed by atoms with E-state index in [1.54, 1.807) is 0 Å². The molecule has 1 aliphatic rings. The van der Waals surface area contributed by atoms with Gasteiger partial charge in [-0.05, 0) is 39.3 Å². The predicted octanol–water partition coefficient (Wildman–Crippen LogP) is 1.54. The predicted molar refractivity (Wildman–Crippen MR) is 62.9 cm³/mol. The molecule has 1 aromatic rings. The van der Waals surface area contributed by atoms with Crippen LogP contribution in [-0.2, 0) is 6.54 Å². The average Bonchev–Trinajstić information content (AvgIpc) is 2.86. The van der Waals surface area contributed by atoms with E-state index in [0.29, 0.717) is 12.0 Å². The first kappa shape index (κ1) is 11.6. The van der Waals surface area contributed by atoms with Crippen molar-refractivity contribution in [2.75, 3.05) is 13.6 Å². The molecule has 90 valence electrons. The third kappa shape index (κ3) is 2.44. The second-order valence-electron chi connectivity index (χ2n) is 4.84. The molecule has 16 heavy (non-hydrogen) atoms. The zero-order chi connectivity index (χ0) is 11.5. The third-order valence-electron chi connectivity index (χ3n) is 3.57. The van der Waals surface area contributed by atoms with Crippen molar-refractivity contribution in [3.8, 4) is 0 Å². The summed E-state index contributed by atoms with van der Waals surface area (Å²) >= 11 is 0. The maximum atomic E-state index is 5.80. The van der Waals surface area contributed by atoms with Gasteiger partial charge in [-0.1, -0.05) is 11.6 Å². The van der Waals surface area contributed by atoms with Gasteiger partial charge in [-0.25, -0.2) is 0 Å². The largest absolute Gasteiger partial charge is 0.360 e. The molecule has 2 unspecified atom stereocenters. The molecular weight excluding hydrogens is 202 g/mol. The van der Waals surface area contributed by atoms with E-state index < -0.39 is 0 Å².